The van der Waals surface area contributed by atoms with E-state index in [1.54, 1.807) is 29.0 Å². The lowest BCUT2D eigenvalue weighted by molar-refractivity contribution is 0.102. The third kappa shape index (κ3) is 5.73. The summed E-state index contributed by atoms with van der Waals surface area (Å²) in [6.07, 6.45) is 9.56. The average molecular weight is 440 g/mol. The third-order valence-corrected chi connectivity index (χ3v) is 5.34. The van der Waals surface area contributed by atoms with Crippen LogP contribution in [-0.2, 0) is 0 Å². The molecule has 0 saturated heterocycles. The van der Waals surface area contributed by atoms with E-state index in [2.05, 4.69) is 51.8 Å². The van der Waals surface area contributed by atoms with E-state index < -0.39 is 0 Å². The Kier molecular flexibility index (Phi) is 8.38. The van der Waals surface area contributed by atoms with Crippen LogP contribution in [0.25, 0.3) is 5.65 Å². The summed E-state index contributed by atoms with van der Waals surface area (Å²) in [4.78, 5) is 21.4. The number of anilines is 3. The summed E-state index contributed by atoms with van der Waals surface area (Å²) in [5.74, 6) is 0.344. The van der Waals surface area contributed by atoms with Gasteiger partial charge in [-0.05, 0) is 31.4 Å². The Morgan fingerprint density at radius 1 is 1.09 bits per heavy atom. The summed E-state index contributed by atoms with van der Waals surface area (Å²) in [6.45, 7) is 6.38. The number of carbonyl (C=O) groups excluding carboxylic acids is 1. The van der Waals surface area contributed by atoms with Gasteiger partial charge in [0.2, 0.25) is 0 Å². The molecule has 3 aromatic rings. The third-order valence-electron chi connectivity index (χ3n) is 5.34. The quantitative estimate of drug-likeness (QED) is 0.338. The molecule has 4 N–H and O–H groups in total. The second kappa shape index (κ2) is 11.4. The summed E-state index contributed by atoms with van der Waals surface area (Å²) < 4.78 is 1.56. The van der Waals surface area contributed by atoms with Crippen molar-refractivity contribution in [1.82, 2.24) is 19.6 Å². The highest BCUT2D eigenvalue weighted by Crippen LogP contribution is 2.24. The molecule has 2 atom stereocenters. The zero-order chi connectivity index (χ0) is 22.9. The van der Waals surface area contributed by atoms with Crippen molar-refractivity contribution in [2.24, 2.45) is 0 Å². The van der Waals surface area contributed by atoms with Crippen molar-refractivity contribution in [2.75, 3.05) is 22.6 Å². The summed E-state index contributed by atoms with van der Waals surface area (Å²) >= 11 is 0. The number of pyridine rings is 1. The molecule has 0 fully saturated rings. The van der Waals surface area contributed by atoms with Crippen molar-refractivity contribution >= 4 is 28.7 Å². The fourth-order valence-electron chi connectivity index (χ4n) is 3.64. The molecule has 3 rings (SSSR count). The van der Waals surface area contributed by atoms with E-state index in [-0.39, 0.29) is 24.6 Å². The number of carbonyl (C=O) groups is 1. The van der Waals surface area contributed by atoms with Crippen molar-refractivity contribution in [3.63, 3.8) is 0 Å². The summed E-state index contributed by atoms with van der Waals surface area (Å²) in [5.41, 5.74) is 2.23. The van der Waals surface area contributed by atoms with Crippen LogP contribution in [0.2, 0.25) is 0 Å². The van der Waals surface area contributed by atoms with Crippen LogP contribution in [0.3, 0.4) is 0 Å². The smallest absolute Gasteiger partial charge is 0.276 e. The minimum absolute atomic E-state index is 0.00853. The van der Waals surface area contributed by atoms with Gasteiger partial charge in [-0.3, -0.25) is 9.78 Å². The van der Waals surface area contributed by atoms with Crippen molar-refractivity contribution < 1.29 is 9.90 Å². The van der Waals surface area contributed by atoms with Crippen molar-refractivity contribution in [3.05, 3.63) is 42.5 Å². The molecular formula is C23H33N7O2. The van der Waals surface area contributed by atoms with Gasteiger partial charge in [-0.2, -0.15) is 0 Å². The lowest BCUT2D eigenvalue weighted by Gasteiger charge is -2.20. The maximum atomic E-state index is 13.0. The molecule has 1 amide bonds. The van der Waals surface area contributed by atoms with Crippen LogP contribution >= 0.6 is 0 Å². The van der Waals surface area contributed by atoms with E-state index >= 15 is 0 Å². The van der Waals surface area contributed by atoms with Crippen molar-refractivity contribution in [1.29, 1.82) is 0 Å². The number of imidazole rings is 1. The lowest BCUT2D eigenvalue weighted by atomic mass is 10.1. The first-order valence-corrected chi connectivity index (χ1v) is 11.3. The first kappa shape index (κ1) is 23.5. The molecule has 2 unspecified atom stereocenters. The number of hydrogen-bond acceptors (Lipinski definition) is 7. The summed E-state index contributed by atoms with van der Waals surface area (Å²) in [7, 11) is 0. The van der Waals surface area contributed by atoms with Gasteiger partial charge in [0, 0.05) is 36.2 Å². The van der Waals surface area contributed by atoms with E-state index in [1.807, 2.05) is 6.07 Å². The topological polar surface area (TPSA) is 116 Å². The molecular weight excluding hydrogens is 406 g/mol. The molecule has 9 nitrogen and oxygen atoms in total. The van der Waals surface area contributed by atoms with Crippen LogP contribution in [0.1, 0.15) is 63.4 Å². The highest BCUT2D eigenvalue weighted by Gasteiger charge is 2.19. The number of nitrogens with one attached hydrogen (secondary N) is 3. The van der Waals surface area contributed by atoms with Crippen molar-refractivity contribution in [3.8, 4) is 0 Å². The zero-order valence-corrected chi connectivity index (χ0v) is 19.0. The minimum Gasteiger partial charge on any atom is -0.394 e. The Balaban J connectivity index is 1.99. The van der Waals surface area contributed by atoms with Crippen LogP contribution in [0, 0.1) is 0 Å². The van der Waals surface area contributed by atoms with Crippen LogP contribution in [0.15, 0.2) is 36.8 Å². The van der Waals surface area contributed by atoms with Gasteiger partial charge in [0.15, 0.2) is 11.3 Å². The second-order valence-corrected chi connectivity index (χ2v) is 7.86. The molecule has 3 aromatic heterocycles. The molecule has 172 valence electrons. The number of fused-ring (bicyclic) bond motifs is 1. The maximum absolute atomic E-state index is 13.0. The Morgan fingerprint density at radius 3 is 2.47 bits per heavy atom. The van der Waals surface area contributed by atoms with E-state index in [4.69, 9.17) is 0 Å². The van der Waals surface area contributed by atoms with Crippen molar-refractivity contribution in [2.45, 2.75) is 65.0 Å². The lowest BCUT2D eigenvalue weighted by Crippen LogP contribution is -2.25. The van der Waals surface area contributed by atoms with Gasteiger partial charge in [-0.25, -0.2) is 9.50 Å². The highest BCUT2D eigenvalue weighted by atomic mass is 16.3. The van der Waals surface area contributed by atoms with E-state index in [0.717, 1.165) is 37.8 Å². The summed E-state index contributed by atoms with van der Waals surface area (Å²) in [5, 5.41) is 24.2. The molecule has 0 bridgehead atoms. The average Bonchev–Trinajstić information content (AvgIpc) is 3.23. The first-order valence-electron chi connectivity index (χ1n) is 11.3. The predicted octanol–water partition coefficient (Wildman–Crippen LogP) is 3.94. The SMILES string of the molecule is CCCC(CC)Nc1cc(NC(CO)CCC)c2ncc(C(=O)Nc3ccncc3)n2n1. The predicted molar refractivity (Wildman–Crippen MR) is 127 cm³/mol. The molecule has 0 spiro atoms. The van der Waals surface area contributed by atoms with Gasteiger partial charge < -0.3 is 21.1 Å². The number of hydrogen-bond donors (Lipinski definition) is 4. The fourth-order valence-corrected chi connectivity index (χ4v) is 3.64. The van der Waals surface area contributed by atoms with Gasteiger partial charge in [0.1, 0.15) is 5.82 Å². The number of rotatable bonds is 12. The van der Waals surface area contributed by atoms with Gasteiger partial charge in [-0.1, -0.05) is 33.6 Å². The number of aliphatic hydroxyl groups is 1. The van der Waals surface area contributed by atoms with E-state index in [0.29, 0.717) is 22.8 Å². The van der Waals surface area contributed by atoms with Gasteiger partial charge in [0.05, 0.1) is 18.5 Å². The highest BCUT2D eigenvalue weighted by molar-refractivity contribution is 6.03. The molecule has 0 saturated carbocycles. The fraction of sp³-hybridized carbons (Fsp3) is 0.478. The van der Waals surface area contributed by atoms with Gasteiger partial charge in [-0.15, -0.1) is 5.10 Å². The van der Waals surface area contributed by atoms with Gasteiger partial charge in [0.25, 0.3) is 5.91 Å². The van der Waals surface area contributed by atoms with Gasteiger partial charge >= 0.3 is 0 Å². The molecule has 0 aliphatic carbocycles. The Labute approximate surface area is 188 Å². The molecule has 0 radical (unpaired) electrons. The maximum Gasteiger partial charge on any atom is 0.276 e. The van der Waals surface area contributed by atoms with E-state index in [9.17, 15) is 9.90 Å². The Hall–Kier alpha value is -3.20. The molecule has 3 heterocycles. The summed E-state index contributed by atoms with van der Waals surface area (Å²) in [6, 6.07) is 5.52. The number of aromatic nitrogens is 4. The Bertz CT molecular complexity index is 1010. The molecule has 32 heavy (non-hydrogen) atoms. The standard InChI is InChI=1S/C23H33N7O2/c1-4-7-16(6-3)27-21-13-19(26-18(15-31)8-5-2)22-25-14-20(30(22)29-21)23(32)28-17-9-11-24-12-10-17/h9-14,16,18,26,31H,4-8,15H2,1-3H3,(H,27,29)(H,24,28,32). The number of amides is 1. The molecule has 0 aliphatic rings. The van der Waals surface area contributed by atoms with Crippen LogP contribution < -0.4 is 16.0 Å². The normalized spacial score (nSPS) is 13.0. The molecule has 9 heteroatoms. The monoisotopic (exact) mass is 439 g/mol. The number of aliphatic hydroxyl groups excluding tert-OH is 1. The van der Waals surface area contributed by atoms with Crippen LogP contribution in [0.5, 0.6) is 0 Å². The minimum atomic E-state index is -0.313. The zero-order valence-electron chi connectivity index (χ0n) is 19.0. The molecule has 0 aliphatic heterocycles. The first-order chi connectivity index (χ1) is 15.6. The van der Waals surface area contributed by atoms with Crippen LogP contribution in [0.4, 0.5) is 17.2 Å². The van der Waals surface area contributed by atoms with E-state index in [1.165, 1.54) is 6.20 Å². The second-order valence-electron chi connectivity index (χ2n) is 7.86. The number of nitrogens with zero attached hydrogens (tertiary/aromatic N) is 4. The Morgan fingerprint density at radius 2 is 1.81 bits per heavy atom. The largest absolute Gasteiger partial charge is 0.394 e. The molecule has 0 aromatic carbocycles. The van der Waals surface area contributed by atoms with Crippen LogP contribution in [-0.4, -0.2) is 49.3 Å².